The van der Waals surface area contributed by atoms with Crippen molar-refractivity contribution in [2.45, 2.75) is 19.9 Å². The predicted molar refractivity (Wildman–Crippen MR) is 129 cm³/mol. The van der Waals surface area contributed by atoms with Crippen molar-refractivity contribution in [3.05, 3.63) is 69.2 Å². The number of carbonyl (C=O) groups is 3. The van der Waals surface area contributed by atoms with Crippen LogP contribution in [-0.4, -0.2) is 66.8 Å². The first-order valence-corrected chi connectivity index (χ1v) is 11.6. The fourth-order valence-corrected chi connectivity index (χ4v) is 4.18. The molecule has 9 heteroatoms. The summed E-state index contributed by atoms with van der Waals surface area (Å²) in [7, 11) is 0. The minimum absolute atomic E-state index is 0.103. The Morgan fingerprint density at radius 3 is 2.48 bits per heavy atom. The molecule has 33 heavy (non-hydrogen) atoms. The van der Waals surface area contributed by atoms with E-state index in [-0.39, 0.29) is 29.6 Å². The molecule has 0 saturated carbocycles. The van der Waals surface area contributed by atoms with E-state index in [9.17, 15) is 14.4 Å². The van der Waals surface area contributed by atoms with E-state index in [1.807, 2.05) is 12.1 Å². The van der Waals surface area contributed by atoms with Gasteiger partial charge >= 0.3 is 0 Å². The molecule has 2 aromatic rings. The van der Waals surface area contributed by atoms with Crippen LogP contribution in [0.15, 0.2) is 42.5 Å². The molecule has 0 atom stereocenters. The van der Waals surface area contributed by atoms with Crippen molar-refractivity contribution in [3.63, 3.8) is 0 Å². The molecule has 3 amide bonds. The van der Waals surface area contributed by atoms with E-state index in [2.05, 4.69) is 34.6 Å². The van der Waals surface area contributed by atoms with Crippen molar-refractivity contribution in [1.82, 2.24) is 20.4 Å². The normalized spacial score (nSPS) is 14.5. The van der Waals surface area contributed by atoms with E-state index >= 15 is 0 Å². The molecule has 2 aromatic carbocycles. The van der Waals surface area contributed by atoms with Gasteiger partial charge in [-0.1, -0.05) is 47.5 Å². The molecule has 2 N–H and O–H groups in total. The third-order valence-electron chi connectivity index (χ3n) is 5.62. The van der Waals surface area contributed by atoms with E-state index in [0.29, 0.717) is 18.1 Å². The maximum absolute atomic E-state index is 12.6. The molecule has 0 radical (unpaired) electrons. The van der Waals surface area contributed by atoms with Gasteiger partial charge in [-0.2, -0.15) is 0 Å². The summed E-state index contributed by atoms with van der Waals surface area (Å²) in [4.78, 5) is 41.0. The molecule has 0 aliphatic carbocycles. The van der Waals surface area contributed by atoms with Crippen molar-refractivity contribution in [2.75, 3.05) is 39.3 Å². The molecular formula is C24H28Cl2N4O3. The lowest BCUT2D eigenvalue weighted by atomic mass is 10.1. The fraction of sp³-hybridized carbons (Fsp3) is 0.375. The van der Waals surface area contributed by atoms with E-state index in [0.717, 1.165) is 26.1 Å². The quantitative estimate of drug-likeness (QED) is 0.624. The molecule has 1 fully saturated rings. The van der Waals surface area contributed by atoms with Gasteiger partial charge in [0.25, 0.3) is 5.91 Å². The van der Waals surface area contributed by atoms with Crippen LogP contribution in [-0.2, 0) is 16.1 Å². The Morgan fingerprint density at radius 2 is 1.73 bits per heavy atom. The van der Waals surface area contributed by atoms with Gasteiger partial charge in [0, 0.05) is 37.7 Å². The number of benzene rings is 2. The van der Waals surface area contributed by atoms with Crippen LogP contribution < -0.4 is 10.6 Å². The van der Waals surface area contributed by atoms with E-state index in [4.69, 9.17) is 23.2 Å². The van der Waals surface area contributed by atoms with Crippen LogP contribution in [0.4, 0.5) is 0 Å². The molecule has 3 rings (SSSR count). The van der Waals surface area contributed by atoms with Crippen molar-refractivity contribution >= 4 is 40.9 Å². The average molecular weight is 491 g/mol. The lowest BCUT2D eigenvalue weighted by molar-refractivity contribution is -0.132. The number of hydrogen-bond donors (Lipinski definition) is 2. The first-order chi connectivity index (χ1) is 15.8. The summed E-state index contributed by atoms with van der Waals surface area (Å²) in [6.07, 6.45) is 0.878. The van der Waals surface area contributed by atoms with Gasteiger partial charge in [0.05, 0.1) is 23.7 Å². The molecular weight excluding hydrogens is 463 g/mol. The molecule has 0 spiro atoms. The van der Waals surface area contributed by atoms with Gasteiger partial charge in [0.1, 0.15) is 0 Å². The SMILES string of the molecule is Cc1ccccc1CN1CCCN(C(=O)CNC(=O)CNC(=O)c2ccc(Cl)cc2Cl)CC1. The monoisotopic (exact) mass is 490 g/mol. The highest BCUT2D eigenvalue weighted by molar-refractivity contribution is 6.36. The Labute approximate surface area is 204 Å². The summed E-state index contributed by atoms with van der Waals surface area (Å²) in [5, 5.41) is 5.69. The summed E-state index contributed by atoms with van der Waals surface area (Å²) in [5.74, 6) is -1.06. The molecule has 0 aromatic heterocycles. The van der Waals surface area contributed by atoms with Gasteiger partial charge in [-0.05, 0) is 42.7 Å². The molecule has 176 valence electrons. The number of halogens is 2. The first-order valence-electron chi connectivity index (χ1n) is 10.9. The van der Waals surface area contributed by atoms with Crippen molar-refractivity contribution < 1.29 is 14.4 Å². The van der Waals surface area contributed by atoms with Crippen molar-refractivity contribution in [3.8, 4) is 0 Å². The van der Waals surface area contributed by atoms with Crippen molar-refractivity contribution in [1.29, 1.82) is 0 Å². The molecule has 1 heterocycles. The van der Waals surface area contributed by atoms with Gasteiger partial charge in [-0.25, -0.2) is 0 Å². The molecule has 1 saturated heterocycles. The van der Waals surface area contributed by atoms with E-state index < -0.39 is 11.8 Å². The zero-order chi connectivity index (χ0) is 23.8. The predicted octanol–water partition coefficient (Wildman–Crippen LogP) is 2.88. The Bertz CT molecular complexity index is 1010. The highest BCUT2D eigenvalue weighted by atomic mass is 35.5. The van der Waals surface area contributed by atoms with Crippen LogP contribution in [0.5, 0.6) is 0 Å². The first kappa shape index (κ1) is 25.0. The smallest absolute Gasteiger partial charge is 0.253 e. The minimum Gasteiger partial charge on any atom is -0.345 e. The van der Waals surface area contributed by atoms with Gasteiger partial charge in [-0.15, -0.1) is 0 Å². The van der Waals surface area contributed by atoms with Gasteiger partial charge < -0.3 is 15.5 Å². The summed E-state index contributed by atoms with van der Waals surface area (Å²) >= 11 is 11.8. The number of rotatable bonds is 7. The average Bonchev–Trinajstić information content (AvgIpc) is 3.03. The third kappa shape index (κ3) is 7.45. The molecule has 1 aliphatic heterocycles. The number of hydrogen-bond acceptors (Lipinski definition) is 4. The standard InChI is InChI=1S/C24H28Cl2N4O3/c1-17-5-2-3-6-18(17)16-29-9-4-10-30(12-11-29)23(32)15-27-22(31)14-28-24(33)20-8-7-19(25)13-21(20)26/h2-3,5-8,13H,4,9-12,14-16H2,1H3,(H,27,31)(H,28,33). The minimum atomic E-state index is -0.487. The van der Waals surface area contributed by atoms with Crippen LogP contribution in [0.3, 0.4) is 0 Å². The molecule has 0 bridgehead atoms. The second-order valence-corrected chi connectivity index (χ2v) is 8.86. The zero-order valence-corrected chi connectivity index (χ0v) is 20.1. The Kier molecular flexibility index (Phi) is 9.11. The summed E-state index contributed by atoms with van der Waals surface area (Å²) in [6, 6.07) is 12.8. The highest BCUT2D eigenvalue weighted by Gasteiger charge is 2.20. The largest absolute Gasteiger partial charge is 0.345 e. The van der Waals surface area contributed by atoms with Crippen LogP contribution >= 0.6 is 23.2 Å². The Balaban J connectivity index is 1.40. The van der Waals surface area contributed by atoms with Gasteiger partial charge in [0.2, 0.25) is 11.8 Å². The molecule has 0 unspecified atom stereocenters. The number of aryl methyl sites for hydroxylation is 1. The number of amides is 3. The third-order valence-corrected chi connectivity index (χ3v) is 6.17. The number of nitrogens with one attached hydrogen (secondary N) is 2. The van der Waals surface area contributed by atoms with Crippen LogP contribution in [0, 0.1) is 6.92 Å². The van der Waals surface area contributed by atoms with E-state index in [1.165, 1.54) is 23.3 Å². The van der Waals surface area contributed by atoms with Crippen LogP contribution in [0.2, 0.25) is 10.0 Å². The number of carbonyl (C=O) groups excluding carboxylic acids is 3. The highest BCUT2D eigenvalue weighted by Crippen LogP contribution is 2.20. The van der Waals surface area contributed by atoms with E-state index in [1.54, 1.807) is 11.0 Å². The van der Waals surface area contributed by atoms with Gasteiger partial charge in [-0.3, -0.25) is 19.3 Å². The van der Waals surface area contributed by atoms with Crippen LogP contribution in [0.25, 0.3) is 0 Å². The second-order valence-electron chi connectivity index (χ2n) is 8.02. The Morgan fingerprint density at radius 1 is 0.939 bits per heavy atom. The fourth-order valence-electron chi connectivity index (χ4n) is 3.68. The topological polar surface area (TPSA) is 81.8 Å². The summed E-state index contributed by atoms with van der Waals surface area (Å²) in [6.45, 7) is 5.59. The molecule has 1 aliphatic rings. The number of nitrogens with zero attached hydrogens (tertiary/aromatic N) is 2. The molecule has 7 nitrogen and oxygen atoms in total. The van der Waals surface area contributed by atoms with Crippen LogP contribution in [0.1, 0.15) is 27.9 Å². The summed E-state index contributed by atoms with van der Waals surface area (Å²) in [5.41, 5.74) is 2.79. The maximum atomic E-state index is 12.6. The summed E-state index contributed by atoms with van der Waals surface area (Å²) < 4.78 is 0. The zero-order valence-electron chi connectivity index (χ0n) is 18.6. The van der Waals surface area contributed by atoms with Crippen molar-refractivity contribution in [2.24, 2.45) is 0 Å². The lowest BCUT2D eigenvalue weighted by Gasteiger charge is -2.22. The van der Waals surface area contributed by atoms with Gasteiger partial charge in [0.15, 0.2) is 0 Å². The Hall–Kier alpha value is -2.61. The lowest BCUT2D eigenvalue weighted by Crippen LogP contribution is -2.44. The maximum Gasteiger partial charge on any atom is 0.253 e. The second kappa shape index (κ2) is 12.0.